The Balaban J connectivity index is 1.40. The number of primary amides is 1. The molecule has 9 heteroatoms. The van der Waals surface area contributed by atoms with Gasteiger partial charge in [-0.3, -0.25) is 18.8 Å². The molecule has 1 atom stereocenters. The maximum absolute atomic E-state index is 13.6. The third-order valence-corrected chi connectivity index (χ3v) is 8.52. The molecule has 2 amide bonds. The first kappa shape index (κ1) is 25.4. The molecular formula is C29H28N4O4S. The van der Waals surface area contributed by atoms with Crippen molar-refractivity contribution in [3.05, 3.63) is 90.1 Å². The van der Waals surface area contributed by atoms with Crippen LogP contribution in [-0.2, 0) is 10.8 Å². The van der Waals surface area contributed by atoms with E-state index in [0.29, 0.717) is 64.4 Å². The van der Waals surface area contributed by atoms with Crippen molar-refractivity contribution in [2.24, 2.45) is 5.73 Å². The van der Waals surface area contributed by atoms with E-state index >= 15 is 0 Å². The van der Waals surface area contributed by atoms with Crippen molar-refractivity contribution in [2.45, 2.75) is 23.0 Å². The minimum Gasteiger partial charge on any atom is -0.497 e. The number of nitrogens with two attached hydrogens (primary N) is 1. The number of carbonyl (C=O) groups is 2. The van der Waals surface area contributed by atoms with Crippen LogP contribution >= 0.6 is 0 Å². The molecule has 2 heterocycles. The van der Waals surface area contributed by atoms with E-state index in [1.165, 1.54) is 6.20 Å². The Labute approximate surface area is 223 Å². The van der Waals surface area contributed by atoms with Gasteiger partial charge in [0.1, 0.15) is 5.75 Å². The molecule has 0 saturated carbocycles. The van der Waals surface area contributed by atoms with E-state index < -0.39 is 16.7 Å². The molecule has 0 spiro atoms. The predicted molar refractivity (Wildman–Crippen MR) is 148 cm³/mol. The van der Waals surface area contributed by atoms with Gasteiger partial charge in [-0.25, -0.2) is 0 Å². The molecule has 3 N–H and O–H groups in total. The summed E-state index contributed by atoms with van der Waals surface area (Å²) in [6, 6.07) is 22.0. The number of hydrogen-bond acceptors (Lipinski definition) is 6. The highest BCUT2D eigenvalue weighted by Gasteiger charge is 2.28. The van der Waals surface area contributed by atoms with Crippen LogP contribution in [0.25, 0.3) is 10.9 Å². The van der Waals surface area contributed by atoms with Crippen LogP contribution in [0.1, 0.15) is 33.6 Å². The topological polar surface area (TPSA) is 115 Å². The molecule has 1 fully saturated rings. The second kappa shape index (κ2) is 11.0. The quantitative estimate of drug-likeness (QED) is 0.365. The third kappa shape index (κ3) is 5.24. The Kier molecular flexibility index (Phi) is 7.37. The minimum atomic E-state index is -1.31. The van der Waals surface area contributed by atoms with Crippen molar-refractivity contribution in [3.8, 4) is 5.75 Å². The number of piperidine rings is 1. The number of amides is 2. The van der Waals surface area contributed by atoms with Crippen molar-refractivity contribution >= 4 is 44.9 Å². The number of pyridine rings is 1. The van der Waals surface area contributed by atoms with Crippen LogP contribution < -0.4 is 15.8 Å². The largest absolute Gasteiger partial charge is 0.497 e. The number of aromatic nitrogens is 1. The van der Waals surface area contributed by atoms with E-state index in [4.69, 9.17) is 10.5 Å². The van der Waals surface area contributed by atoms with Crippen molar-refractivity contribution in [2.75, 3.05) is 25.5 Å². The zero-order valence-electron chi connectivity index (χ0n) is 20.9. The van der Waals surface area contributed by atoms with Crippen LogP contribution in [0.5, 0.6) is 5.75 Å². The van der Waals surface area contributed by atoms with Gasteiger partial charge in [-0.2, -0.15) is 0 Å². The zero-order chi connectivity index (χ0) is 26.6. The summed E-state index contributed by atoms with van der Waals surface area (Å²) in [4.78, 5) is 31.9. The molecule has 1 unspecified atom stereocenters. The summed E-state index contributed by atoms with van der Waals surface area (Å²) in [6.45, 7) is 1.10. The Morgan fingerprint density at radius 1 is 1.03 bits per heavy atom. The summed E-state index contributed by atoms with van der Waals surface area (Å²) in [5, 5.41) is 3.84. The number of ether oxygens (including phenoxy) is 1. The molecule has 1 saturated heterocycles. The normalized spacial score (nSPS) is 14.7. The van der Waals surface area contributed by atoms with Crippen molar-refractivity contribution in [1.29, 1.82) is 0 Å². The van der Waals surface area contributed by atoms with Gasteiger partial charge in [-0.05, 0) is 55.3 Å². The summed E-state index contributed by atoms with van der Waals surface area (Å²) in [5.41, 5.74) is 8.42. The van der Waals surface area contributed by atoms with E-state index in [9.17, 15) is 13.8 Å². The molecule has 1 aromatic heterocycles. The molecule has 1 aliphatic heterocycles. The Bertz CT molecular complexity index is 1520. The maximum atomic E-state index is 13.6. The number of likely N-dealkylation sites (tertiary alicyclic amines) is 1. The summed E-state index contributed by atoms with van der Waals surface area (Å²) >= 11 is 0. The molecule has 194 valence electrons. The highest BCUT2D eigenvalue weighted by molar-refractivity contribution is 7.85. The fourth-order valence-corrected chi connectivity index (χ4v) is 6.15. The fraction of sp³-hybridized carbons (Fsp3) is 0.207. The van der Waals surface area contributed by atoms with Gasteiger partial charge in [0.25, 0.3) is 11.8 Å². The molecule has 0 radical (unpaired) electrons. The standard InChI is InChI=1S/C29H28N4O4S/c1-37-21-9-5-8-20(16-21)32-27-24-17-23(10-11-26(24)31-18-25(27)28(30)34)38(36)22-12-14-33(15-13-22)29(35)19-6-3-2-4-7-19/h2-11,16-18,22H,12-15H2,1H3,(H2,30,34)(H,31,32). The predicted octanol–water partition coefficient (Wildman–Crippen LogP) is 4.50. The van der Waals surface area contributed by atoms with Gasteiger partial charge in [0, 0.05) is 52.1 Å². The molecule has 4 aromatic rings. The average molecular weight is 529 g/mol. The molecule has 8 nitrogen and oxygen atoms in total. The molecule has 1 aliphatic rings. The van der Waals surface area contributed by atoms with Gasteiger partial charge in [-0.1, -0.05) is 24.3 Å². The summed E-state index contributed by atoms with van der Waals surface area (Å²) < 4.78 is 18.9. The van der Waals surface area contributed by atoms with Gasteiger partial charge in [-0.15, -0.1) is 0 Å². The van der Waals surface area contributed by atoms with Gasteiger partial charge in [0.05, 0.1) is 34.7 Å². The van der Waals surface area contributed by atoms with Crippen LogP contribution in [0.2, 0.25) is 0 Å². The van der Waals surface area contributed by atoms with Crippen molar-refractivity contribution < 1.29 is 18.5 Å². The number of nitrogens with one attached hydrogen (secondary N) is 1. The van der Waals surface area contributed by atoms with Crippen LogP contribution in [0.4, 0.5) is 11.4 Å². The van der Waals surface area contributed by atoms with Crippen LogP contribution in [0, 0.1) is 0 Å². The summed E-state index contributed by atoms with van der Waals surface area (Å²) in [6.07, 6.45) is 2.72. The first-order chi connectivity index (χ1) is 18.4. The number of carbonyl (C=O) groups excluding carboxylic acids is 2. The monoisotopic (exact) mass is 528 g/mol. The lowest BCUT2D eigenvalue weighted by Gasteiger charge is -2.31. The van der Waals surface area contributed by atoms with Crippen LogP contribution in [0.3, 0.4) is 0 Å². The lowest BCUT2D eigenvalue weighted by molar-refractivity contribution is 0.0726. The van der Waals surface area contributed by atoms with E-state index in [1.807, 2.05) is 71.6 Å². The number of methoxy groups -OCH3 is 1. The first-order valence-electron chi connectivity index (χ1n) is 12.3. The highest BCUT2D eigenvalue weighted by Crippen LogP contribution is 2.33. The Morgan fingerprint density at radius 3 is 2.50 bits per heavy atom. The zero-order valence-corrected chi connectivity index (χ0v) is 21.7. The fourth-order valence-electron chi connectivity index (χ4n) is 4.69. The Morgan fingerprint density at radius 2 is 1.79 bits per heavy atom. The van der Waals surface area contributed by atoms with Crippen molar-refractivity contribution in [3.63, 3.8) is 0 Å². The summed E-state index contributed by atoms with van der Waals surface area (Å²) in [7, 11) is 0.277. The second-order valence-corrected chi connectivity index (χ2v) is 10.8. The van der Waals surface area contributed by atoms with Crippen LogP contribution in [-0.4, -0.2) is 51.4 Å². The number of fused-ring (bicyclic) bond motifs is 1. The number of benzene rings is 3. The molecule has 38 heavy (non-hydrogen) atoms. The summed E-state index contributed by atoms with van der Waals surface area (Å²) in [5.74, 6) is 0.0403. The minimum absolute atomic E-state index is 0.00106. The smallest absolute Gasteiger partial charge is 0.253 e. The lowest BCUT2D eigenvalue weighted by Crippen LogP contribution is -2.41. The third-order valence-electron chi connectivity index (χ3n) is 6.73. The van der Waals surface area contributed by atoms with Gasteiger partial charge < -0.3 is 20.7 Å². The average Bonchev–Trinajstić information content (AvgIpc) is 2.96. The van der Waals surface area contributed by atoms with E-state index in [1.54, 1.807) is 13.2 Å². The number of hydrogen-bond donors (Lipinski definition) is 2. The molecule has 3 aromatic carbocycles. The molecule has 5 rings (SSSR count). The maximum Gasteiger partial charge on any atom is 0.253 e. The Hall–Kier alpha value is -4.24. The van der Waals surface area contributed by atoms with Gasteiger partial charge >= 0.3 is 0 Å². The lowest BCUT2D eigenvalue weighted by atomic mass is 10.1. The number of rotatable bonds is 7. The van der Waals surface area contributed by atoms with E-state index in [-0.39, 0.29) is 16.7 Å². The molecular weight excluding hydrogens is 500 g/mol. The van der Waals surface area contributed by atoms with Gasteiger partial charge in [0.2, 0.25) is 0 Å². The number of nitrogens with zero attached hydrogens (tertiary/aromatic N) is 2. The van der Waals surface area contributed by atoms with Crippen molar-refractivity contribution in [1.82, 2.24) is 9.88 Å². The number of anilines is 2. The highest BCUT2D eigenvalue weighted by atomic mass is 32.2. The SMILES string of the molecule is COc1cccc(Nc2c(C(N)=O)cnc3ccc(S(=O)C4CCN(C(=O)c5ccccc5)CC4)cc23)c1. The molecule has 0 aliphatic carbocycles. The van der Waals surface area contributed by atoms with E-state index in [2.05, 4.69) is 10.3 Å². The van der Waals surface area contributed by atoms with Crippen LogP contribution in [0.15, 0.2) is 83.9 Å². The van der Waals surface area contributed by atoms with E-state index in [0.717, 1.165) is 0 Å². The van der Waals surface area contributed by atoms with Gasteiger partial charge in [0.15, 0.2) is 0 Å². The first-order valence-corrected chi connectivity index (χ1v) is 13.5. The molecule has 0 bridgehead atoms. The second-order valence-electron chi connectivity index (χ2n) is 9.10.